The van der Waals surface area contributed by atoms with E-state index in [4.69, 9.17) is 12.2 Å². The number of hydrogen-bond donors (Lipinski definition) is 2. The van der Waals surface area contributed by atoms with Crippen molar-refractivity contribution in [3.63, 3.8) is 0 Å². The highest BCUT2D eigenvalue weighted by Gasteiger charge is 2.32. The number of nitrogens with one attached hydrogen (secondary N) is 2. The molecule has 0 aliphatic carbocycles. The Labute approximate surface area is 126 Å². The maximum atomic E-state index is 12.8. The molecule has 0 saturated carbocycles. The van der Waals surface area contributed by atoms with Crippen LogP contribution in [0.25, 0.3) is 0 Å². The van der Waals surface area contributed by atoms with Crippen molar-refractivity contribution in [1.82, 2.24) is 0 Å². The van der Waals surface area contributed by atoms with E-state index in [1.54, 1.807) is 6.07 Å². The molecule has 2 aromatic carbocycles. The predicted octanol–water partition coefficient (Wildman–Crippen LogP) is 4.82. The van der Waals surface area contributed by atoms with Gasteiger partial charge >= 0.3 is 6.18 Å². The zero-order chi connectivity index (χ0) is 15.5. The van der Waals surface area contributed by atoms with Crippen molar-refractivity contribution in [2.45, 2.75) is 13.1 Å². The summed E-state index contributed by atoms with van der Waals surface area (Å²) in [4.78, 5) is 0. The second-order valence-corrected chi connectivity index (χ2v) is 4.88. The van der Waals surface area contributed by atoms with Gasteiger partial charge in [0.25, 0.3) is 0 Å². The van der Waals surface area contributed by atoms with Crippen molar-refractivity contribution in [3.8, 4) is 0 Å². The smallest absolute Gasteiger partial charge is 0.332 e. The van der Waals surface area contributed by atoms with E-state index >= 15 is 0 Å². The summed E-state index contributed by atoms with van der Waals surface area (Å²) < 4.78 is 38.5. The molecule has 0 bridgehead atoms. The van der Waals surface area contributed by atoms with Crippen LogP contribution in [0.2, 0.25) is 0 Å². The molecule has 6 heteroatoms. The highest BCUT2D eigenvalue weighted by Crippen LogP contribution is 2.33. The Morgan fingerprint density at radius 1 is 0.952 bits per heavy atom. The van der Waals surface area contributed by atoms with Crippen LogP contribution in [0.4, 0.5) is 24.5 Å². The predicted molar refractivity (Wildman–Crippen MR) is 82.5 cm³/mol. The molecule has 0 saturated heterocycles. The topological polar surface area (TPSA) is 24.1 Å². The van der Waals surface area contributed by atoms with E-state index in [0.717, 1.165) is 11.8 Å². The van der Waals surface area contributed by atoms with Crippen LogP contribution >= 0.6 is 12.2 Å². The van der Waals surface area contributed by atoms with Gasteiger partial charge in [0.05, 0.1) is 5.56 Å². The van der Waals surface area contributed by atoms with Crippen LogP contribution in [0, 0.1) is 6.92 Å². The number of hydrogen-bond acceptors (Lipinski definition) is 1. The molecule has 0 unspecified atom stereocenters. The first-order chi connectivity index (χ1) is 9.86. The fraction of sp³-hybridized carbons (Fsp3) is 0.133. The fourth-order valence-corrected chi connectivity index (χ4v) is 2.06. The van der Waals surface area contributed by atoms with Gasteiger partial charge in [-0.05, 0) is 49.0 Å². The summed E-state index contributed by atoms with van der Waals surface area (Å²) in [7, 11) is 0. The molecule has 0 spiro atoms. The molecule has 0 atom stereocenters. The van der Waals surface area contributed by atoms with E-state index in [2.05, 4.69) is 10.6 Å². The molecule has 0 aliphatic heterocycles. The van der Waals surface area contributed by atoms with Crippen molar-refractivity contribution in [3.05, 3.63) is 59.7 Å². The highest BCUT2D eigenvalue weighted by atomic mass is 32.1. The van der Waals surface area contributed by atoms with E-state index in [0.29, 0.717) is 5.69 Å². The third-order valence-corrected chi connectivity index (χ3v) is 3.04. The molecule has 0 aromatic heterocycles. The van der Waals surface area contributed by atoms with Crippen molar-refractivity contribution < 1.29 is 13.2 Å². The lowest BCUT2D eigenvalue weighted by Crippen LogP contribution is -2.19. The second-order valence-electron chi connectivity index (χ2n) is 4.47. The number of alkyl halides is 3. The van der Waals surface area contributed by atoms with Gasteiger partial charge < -0.3 is 10.6 Å². The third kappa shape index (κ3) is 4.19. The van der Waals surface area contributed by atoms with Gasteiger partial charge in [0.1, 0.15) is 0 Å². The van der Waals surface area contributed by atoms with Gasteiger partial charge in [-0.2, -0.15) is 13.2 Å². The monoisotopic (exact) mass is 310 g/mol. The van der Waals surface area contributed by atoms with Crippen molar-refractivity contribution in [1.29, 1.82) is 0 Å². The fourth-order valence-electron chi connectivity index (χ4n) is 1.82. The van der Waals surface area contributed by atoms with Gasteiger partial charge in [0.2, 0.25) is 0 Å². The summed E-state index contributed by atoms with van der Waals surface area (Å²) in [5.41, 5.74) is 0.560. The Morgan fingerprint density at radius 2 is 1.57 bits per heavy atom. The lowest BCUT2D eigenvalue weighted by atomic mass is 10.1. The van der Waals surface area contributed by atoms with E-state index in [9.17, 15) is 13.2 Å². The van der Waals surface area contributed by atoms with Crippen LogP contribution in [0.5, 0.6) is 0 Å². The van der Waals surface area contributed by atoms with Crippen LogP contribution < -0.4 is 10.6 Å². The quantitative estimate of drug-likeness (QED) is 0.777. The summed E-state index contributed by atoms with van der Waals surface area (Å²) >= 11 is 5.08. The molecular weight excluding hydrogens is 297 g/mol. The van der Waals surface area contributed by atoms with E-state index in [-0.39, 0.29) is 10.7 Å². The molecule has 0 aliphatic rings. The minimum absolute atomic E-state index is 0.176. The Hall–Kier alpha value is -2.08. The minimum Gasteiger partial charge on any atom is -0.332 e. The van der Waals surface area contributed by atoms with Gasteiger partial charge in [-0.3, -0.25) is 0 Å². The molecule has 0 amide bonds. The number of rotatable bonds is 2. The van der Waals surface area contributed by atoms with Crippen molar-refractivity contribution in [2.75, 3.05) is 10.6 Å². The van der Waals surface area contributed by atoms with Gasteiger partial charge in [-0.25, -0.2) is 0 Å². The lowest BCUT2D eigenvalue weighted by Gasteiger charge is -2.14. The highest BCUT2D eigenvalue weighted by molar-refractivity contribution is 7.80. The number of halogens is 3. The zero-order valence-corrected chi connectivity index (χ0v) is 12.0. The molecular formula is C15H13F3N2S. The number of aryl methyl sites for hydroxylation is 1. The van der Waals surface area contributed by atoms with Crippen LogP contribution in [0.1, 0.15) is 11.1 Å². The van der Waals surface area contributed by atoms with E-state index < -0.39 is 11.7 Å². The molecule has 2 aromatic rings. The molecule has 2 rings (SSSR count). The zero-order valence-electron chi connectivity index (χ0n) is 11.2. The van der Waals surface area contributed by atoms with Gasteiger partial charge in [-0.1, -0.05) is 24.3 Å². The molecule has 2 nitrogen and oxygen atoms in total. The first-order valence-electron chi connectivity index (χ1n) is 6.17. The molecule has 0 radical (unpaired) electrons. The molecule has 0 fully saturated rings. The van der Waals surface area contributed by atoms with Crippen LogP contribution in [-0.2, 0) is 6.18 Å². The van der Waals surface area contributed by atoms with Gasteiger partial charge in [0, 0.05) is 11.4 Å². The summed E-state index contributed by atoms with van der Waals surface area (Å²) in [6, 6.07) is 13.2. The number of para-hydroxylation sites is 1. The SMILES string of the molecule is Cc1ccc(NC(=S)Nc2ccccc2)cc1C(F)(F)F. The first-order valence-corrected chi connectivity index (χ1v) is 6.58. The maximum Gasteiger partial charge on any atom is 0.416 e. The summed E-state index contributed by atoms with van der Waals surface area (Å²) in [5.74, 6) is 0. The molecule has 2 N–H and O–H groups in total. The number of thiocarbonyl (C=S) groups is 1. The Kier molecular flexibility index (Phi) is 4.47. The van der Waals surface area contributed by atoms with Crippen LogP contribution in [0.3, 0.4) is 0 Å². The van der Waals surface area contributed by atoms with E-state index in [1.807, 2.05) is 30.3 Å². The standard InChI is InChI=1S/C15H13F3N2S/c1-10-7-8-12(9-13(10)15(16,17)18)20-14(21)19-11-5-3-2-4-6-11/h2-9H,1H3,(H2,19,20,21). The number of anilines is 2. The van der Waals surface area contributed by atoms with Gasteiger partial charge in [0.15, 0.2) is 5.11 Å². The number of benzene rings is 2. The molecule has 0 heterocycles. The summed E-state index contributed by atoms with van der Waals surface area (Å²) in [5, 5.41) is 5.89. The Bertz CT molecular complexity index is 639. The lowest BCUT2D eigenvalue weighted by molar-refractivity contribution is -0.138. The Balaban J connectivity index is 2.11. The summed E-state index contributed by atoms with van der Waals surface area (Å²) in [6.07, 6.45) is -4.38. The normalized spacial score (nSPS) is 11.0. The average molecular weight is 310 g/mol. The summed E-state index contributed by atoms with van der Waals surface area (Å²) in [6.45, 7) is 1.42. The second kappa shape index (κ2) is 6.13. The van der Waals surface area contributed by atoms with Crippen LogP contribution in [-0.4, -0.2) is 5.11 Å². The average Bonchev–Trinajstić information content (AvgIpc) is 2.41. The molecule has 110 valence electrons. The first kappa shape index (κ1) is 15.3. The van der Waals surface area contributed by atoms with Gasteiger partial charge in [-0.15, -0.1) is 0 Å². The minimum atomic E-state index is -4.38. The van der Waals surface area contributed by atoms with Crippen molar-refractivity contribution in [2.24, 2.45) is 0 Å². The van der Waals surface area contributed by atoms with Crippen molar-refractivity contribution >= 4 is 28.7 Å². The van der Waals surface area contributed by atoms with Crippen LogP contribution in [0.15, 0.2) is 48.5 Å². The Morgan fingerprint density at radius 3 is 2.19 bits per heavy atom. The van der Waals surface area contributed by atoms with E-state index in [1.165, 1.54) is 13.0 Å². The largest absolute Gasteiger partial charge is 0.416 e. The molecule has 21 heavy (non-hydrogen) atoms. The maximum absolute atomic E-state index is 12.8. The third-order valence-electron chi connectivity index (χ3n) is 2.83.